The summed E-state index contributed by atoms with van der Waals surface area (Å²) in [6, 6.07) is 11.9. The Morgan fingerprint density at radius 1 is 1.00 bits per heavy atom. The third kappa shape index (κ3) is 6.22. The summed E-state index contributed by atoms with van der Waals surface area (Å²) in [5.74, 6) is 1.02. The molecule has 0 bridgehead atoms. The van der Waals surface area contributed by atoms with Crippen LogP contribution in [0.25, 0.3) is 12.2 Å². The van der Waals surface area contributed by atoms with Crippen molar-refractivity contribution in [3.05, 3.63) is 53.7 Å². The van der Waals surface area contributed by atoms with E-state index in [9.17, 15) is 4.79 Å². The van der Waals surface area contributed by atoms with E-state index in [0.29, 0.717) is 4.48 Å². The van der Waals surface area contributed by atoms with Crippen LogP contribution in [0.1, 0.15) is 31.9 Å². The molecule has 0 aliphatic rings. The second-order valence-corrected chi connectivity index (χ2v) is 8.43. The first kappa shape index (κ1) is 20.6. The maximum absolute atomic E-state index is 12.1. The monoisotopic (exact) mass is 368 g/mol. The number of rotatable bonds is 4. The Kier molecular flexibility index (Phi) is 6.06. The number of carbonyl (C=O) groups is 1. The quantitative estimate of drug-likeness (QED) is 0.727. The molecule has 5 nitrogen and oxygen atoms in total. The highest BCUT2D eigenvalue weighted by Gasteiger charge is 2.20. The van der Waals surface area contributed by atoms with Crippen LogP contribution in [0.3, 0.4) is 0 Å². The van der Waals surface area contributed by atoms with Crippen molar-refractivity contribution in [2.45, 2.75) is 26.4 Å². The van der Waals surface area contributed by atoms with Crippen LogP contribution in [0, 0.1) is 0 Å². The van der Waals surface area contributed by atoms with Gasteiger partial charge in [-0.3, -0.25) is 9.38 Å². The standard InChI is InChI=1S/C22H30N3O2/c1-22(2,3)27-21(26)24(4)19-13-10-17(11-14-19)8-9-18-12-15-20(23-16-18)25(5,6)7/h8-16H,1-7H3/q+1/b9-8+. The fraction of sp³-hybridized carbons (Fsp3) is 0.364. The van der Waals surface area contributed by atoms with Gasteiger partial charge in [-0.25, -0.2) is 9.78 Å². The fourth-order valence-electron chi connectivity index (χ4n) is 2.33. The molecule has 0 aliphatic carbocycles. The molecule has 0 N–H and O–H groups in total. The zero-order valence-corrected chi connectivity index (χ0v) is 17.4. The highest BCUT2D eigenvalue weighted by Crippen LogP contribution is 2.19. The van der Waals surface area contributed by atoms with Gasteiger partial charge in [0, 0.05) is 25.0 Å². The van der Waals surface area contributed by atoms with Gasteiger partial charge in [-0.1, -0.05) is 24.3 Å². The van der Waals surface area contributed by atoms with Crippen LogP contribution in [0.2, 0.25) is 0 Å². The van der Waals surface area contributed by atoms with Crippen molar-refractivity contribution in [3.8, 4) is 0 Å². The summed E-state index contributed by atoms with van der Waals surface area (Å²) in [5.41, 5.74) is 2.37. The van der Waals surface area contributed by atoms with E-state index in [1.54, 1.807) is 7.05 Å². The van der Waals surface area contributed by atoms with E-state index < -0.39 is 5.60 Å². The minimum atomic E-state index is -0.510. The summed E-state index contributed by atoms with van der Waals surface area (Å²) < 4.78 is 6.08. The average Bonchev–Trinajstić information content (AvgIpc) is 2.58. The fourth-order valence-corrected chi connectivity index (χ4v) is 2.33. The minimum Gasteiger partial charge on any atom is -0.443 e. The summed E-state index contributed by atoms with van der Waals surface area (Å²) in [7, 11) is 7.98. The molecule has 5 heteroatoms. The van der Waals surface area contributed by atoms with E-state index in [1.165, 1.54) is 4.90 Å². The van der Waals surface area contributed by atoms with Crippen LogP contribution in [-0.2, 0) is 4.74 Å². The lowest BCUT2D eigenvalue weighted by Crippen LogP contribution is -2.35. The number of carbonyl (C=O) groups excluding carboxylic acids is 1. The van der Waals surface area contributed by atoms with Crippen molar-refractivity contribution in [1.82, 2.24) is 9.47 Å². The van der Waals surface area contributed by atoms with Gasteiger partial charge < -0.3 is 4.74 Å². The Morgan fingerprint density at radius 2 is 1.56 bits per heavy atom. The van der Waals surface area contributed by atoms with Crippen LogP contribution in [0.15, 0.2) is 42.6 Å². The molecular formula is C22H30N3O2+. The zero-order valence-electron chi connectivity index (χ0n) is 17.4. The average molecular weight is 369 g/mol. The Morgan fingerprint density at radius 3 is 2.04 bits per heavy atom. The zero-order chi connectivity index (χ0) is 20.2. The molecule has 2 aromatic rings. The van der Waals surface area contributed by atoms with Crippen molar-refractivity contribution in [1.29, 1.82) is 0 Å². The van der Waals surface area contributed by atoms with Gasteiger partial charge in [0.1, 0.15) is 5.60 Å². The molecule has 0 spiro atoms. The van der Waals surface area contributed by atoms with Crippen LogP contribution in [-0.4, -0.2) is 44.9 Å². The molecule has 2 rings (SSSR count). The van der Waals surface area contributed by atoms with Gasteiger partial charge in [0.05, 0.1) is 21.1 Å². The molecule has 0 atom stereocenters. The summed E-state index contributed by atoms with van der Waals surface area (Å²) in [6.45, 7) is 5.57. The summed E-state index contributed by atoms with van der Waals surface area (Å²) in [5, 5.41) is 0. The first-order valence-electron chi connectivity index (χ1n) is 8.99. The number of anilines is 1. The maximum Gasteiger partial charge on any atom is 0.414 e. The molecule has 1 heterocycles. The molecule has 0 saturated carbocycles. The Bertz CT molecular complexity index is 795. The van der Waals surface area contributed by atoms with Crippen molar-refractivity contribution >= 4 is 29.8 Å². The van der Waals surface area contributed by atoms with Crippen molar-refractivity contribution in [2.75, 3.05) is 33.1 Å². The van der Waals surface area contributed by atoms with E-state index in [0.717, 1.165) is 22.6 Å². The summed E-state index contributed by atoms with van der Waals surface area (Å²) >= 11 is 0. The SMILES string of the molecule is CN(C(=O)OC(C)(C)C)c1ccc(/C=C/c2ccc([N+](C)(C)C)nc2)cc1. The maximum atomic E-state index is 12.1. The molecule has 0 aliphatic heterocycles. The van der Waals surface area contributed by atoms with E-state index in [-0.39, 0.29) is 6.09 Å². The van der Waals surface area contributed by atoms with Crippen LogP contribution < -0.4 is 9.38 Å². The van der Waals surface area contributed by atoms with Gasteiger partial charge in [0.2, 0.25) is 5.82 Å². The number of amides is 1. The van der Waals surface area contributed by atoms with Crippen molar-refractivity contribution < 1.29 is 9.53 Å². The largest absolute Gasteiger partial charge is 0.443 e. The normalized spacial score (nSPS) is 12.3. The number of ether oxygens (including phenoxy) is 1. The van der Waals surface area contributed by atoms with Crippen molar-refractivity contribution in [3.63, 3.8) is 0 Å². The van der Waals surface area contributed by atoms with Crippen molar-refractivity contribution in [2.24, 2.45) is 0 Å². The van der Waals surface area contributed by atoms with Crippen LogP contribution in [0.4, 0.5) is 16.3 Å². The highest BCUT2D eigenvalue weighted by atomic mass is 16.6. The summed E-state index contributed by atoms with van der Waals surface area (Å²) in [6.07, 6.45) is 5.56. The Balaban J connectivity index is 2.05. The molecule has 0 unspecified atom stereocenters. The number of aromatic nitrogens is 1. The Hall–Kier alpha value is -2.66. The second kappa shape index (κ2) is 7.92. The van der Waals surface area contributed by atoms with E-state index in [4.69, 9.17) is 4.74 Å². The first-order valence-corrected chi connectivity index (χ1v) is 8.99. The highest BCUT2D eigenvalue weighted by molar-refractivity contribution is 5.87. The molecule has 0 radical (unpaired) electrons. The van der Waals surface area contributed by atoms with Gasteiger partial charge in [0.15, 0.2) is 0 Å². The third-order valence-electron chi connectivity index (χ3n) is 3.87. The predicted molar refractivity (Wildman–Crippen MR) is 114 cm³/mol. The van der Waals surface area contributed by atoms with Gasteiger partial charge in [-0.2, -0.15) is 0 Å². The minimum absolute atomic E-state index is 0.366. The number of hydrogen-bond donors (Lipinski definition) is 0. The number of pyridine rings is 1. The molecule has 1 aromatic heterocycles. The van der Waals surface area contributed by atoms with E-state index in [1.807, 2.05) is 69.5 Å². The number of benzene rings is 1. The first-order chi connectivity index (χ1) is 12.5. The lowest BCUT2D eigenvalue weighted by molar-refractivity contribution is 0.0589. The van der Waals surface area contributed by atoms with E-state index in [2.05, 4.69) is 32.2 Å². The predicted octanol–water partition coefficient (Wildman–Crippen LogP) is 4.82. The number of hydrogen-bond acceptors (Lipinski definition) is 3. The van der Waals surface area contributed by atoms with Gasteiger partial charge in [-0.15, -0.1) is 0 Å². The molecule has 144 valence electrons. The molecular weight excluding hydrogens is 338 g/mol. The van der Waals surface area contributed by atoms with Crippen LogP contribution >= 0.6 is 0 Å². The van der Waals surface area contributed by atoms with Crippen LogP contribution in [0.5, 0.6) is 0 Å². The lowest BCUT2D eigenvalue weighted by atomic mass is 10.1. The molecule has 0 saturated heterocycles. The molecule has 1 amide bonds. The van der Waals surface area contributed by atoms with Gasteiger partial charge >= 0.3 is 6.09 Å². The third-order valence-corrected chi connectivity index (χ3v) is 3.87. The summed E-state index contributed by atoms with van der Waals surface area (Å²) in [4.78, 5) is 18.2. The number of nitrogens with zero attached hydrogens (tertiary/aromatic N) is 3. The van der Waals surface area contributed by atoms with Gasteiger partial charge in [-0.05, 0) is 50.1 Å². The Labute approximate surface area is 162 Å². The molecule has 27 heavy (non-hydrogen) atoms. The topological polar surface area (TPSA) is 42.4 Å². The molecule has 0 fully saturated rings. The molecule has 1 aromatic carbocycles. The second-order valence-electron chi connectivity index (χ2n) is 8.43. The van der Waals surface area contributed by atoms with E-state index >= 15 is 0 Å². The lowest BCUT2D eigenvalue weighted by Gasteiger charge is -2.24. The number of quaternary nitrogens is 1. The smallest absolute Gasteiger partial charge is 0.414 e. The van der Waals surface area contributed by atoms with Gasteiger partial charge in [0.25, 0.3) is 0 Å².